The van der Waals surface area contributed by atoms with Crippen molar-refractivity contribution in [1.29, 1.82) is 0 Å². The fraction of sp³-hybridized carbons (Fsp3) is 0.467. The van der Waals surface area contributed by atoms with Crippen LogP contribution >= 0.6 is 0 Å². The van der Waals surface area contributed by atoms with Crippen LogP contribution in [0, 0.1) is 0 Å². The van der Waals surface area contributed by atoms with Crippen LogP contribution in [-0.4, -0.2) is 37.1 Å². The third-order valence-electron chi connectivity index (χ3n) is 3.15. The highest BCUT2D eigenvalue weighted by atomic mass is 19.4. The molecule has 0 N–H and O–H groups in total. The molecule has 3 nitrogen and oxygen atoms in total. The smallest absolute Gasteiger partial charge is 0.372 e. The molecule has 0 saturated heterocycles. The Morgan fingerprint density at radius 3 is 2.00 bits per heavy atom. The fourth-order valence-electron chi connectivity index (χ4n) is 1.97. The van der Waals surface area contributed by atoms with E-state index in [1.807, 2.05) is 0 Å². The summed E-state index contributed by atoms with van der Waals surface area (Å²) in [4.78, 5) is 22.5. The van der Waals surface area contributed by atoms with Crippen molar-refractivity contribution >= 4 is 11.6 Å². The maximum Gasteiger partial charge on any atom is 0.450 e. The van der Waals surface area contributed by atoms with Crippen LogP contribution in [0.3, 0.4) is 0 Å². The number of ether oxygens (including phenoxy) is 1. The summed E-state index contributed by atoms with van der Waals surface area (Å²) in [6, 6.07) is 1.59. The average molecular weight is 410 g/mol. The molecule has 0 unspecified atom stereocenters. The maximum atomic E-state index is 12.9. The van der Waals surface area contributed by atoms with Crippen molar-refractivity contribution in [3.63, 3.8) is 0 Å². The molecule has 0 spiro atoms. The lowest BCUT2D eigenvalue weighted by Crippen LogP contribution is -2.25. The van der Waals surface area contributed by atoms with Gasteiger partial charge in [0.15, 0.2) is 5.78 Å². The van der Waals surface area contributed by atoms with E-state index >= 15 is 0 Å². The third-order valence-corrected chi connectivity index (χ3v) is 3.15. The number of Topliss-reactive ketones (excluding diaryl/α,β-unsaturated/α-hetero) is 2. The van der Waals surface area contributed by atoms with Crippen molar-refractivity contribution in [2.24, 2.45) is 0 Å². The molecular weight excluding hydrogens is 399 g/mol. The molecule has 0 bridgehead atoms. The Morgan fingerprint density at radius 1 is 0.926 bits per heavy atom. The highest BCUT2D eigenvalue weighted by Gasteiger charge is 2.39. The quantitative estimate of drug-likeness (QED) is 0.287. The highest BCUT2D eigenvalue weighted by molar-refractivity contribution is 6.09. The molecule has 1 aromatic rings. The van der Waals surface area contributed by atoms with Gasteiger partial charge >= 0.3 is 18.5 Å². The van der Waals surface area contributed by atoms with E-state index in [4.69, 9.17) is 0 Å². The molecule has 12 heteroatoms. The third kappa shape index (κ3) is 7.57. The van der Waals surface area contributed by atoms with E-state index in [0.717, 1.165) is 0 Å². The monoisotopic (exact) mass is 410 g/mol. The van der Waals surface area contributed by atoms with Gasteiger partial charge < -0.3 is 4.74 Å². The molecule has 0 heterocycles. The summed E-state index contributed by atoms with van der Waals surface area (Å²) in [5, 5.41) is 0. The van der Waals surface area contributed by atoms with Gasteiger partial charge in [0.1, 0.15) is 6.61 Å². The molecule has 0 aliphatic carbocycles. The first kappa shape index (κ1) is 22.9. The molecule has 0 saturated carbocycles. The molecular formula is C15H11F9O3. The lowest BCUT2D eigenvalue weighted by atomic mass is 9.97. The van der Waals surface area contributed by atoms with E-state index in [1.165, 1.54) is 0 Å². The maximum absolute atomic E-state index is 12.9. The van der Waals surface area contributed by atoms with Gasteiger partial charge in [-0.1, -0.05) is 6.07 Å². The Balaban J connectivity index is 2.99. The Hall–Kier alpha value is -2.11. The summed E-state index contributed by atoms with van der Waals surface area (Å²) < 4.78 is 115. The van der Waals surface area contributed by atoms with Crippen molar-refractivity contribution < 1.29 is 53.8 Å². The second-order valence-electron chi connectivity index (χ2n) is 5.31. The SMILES string of the molecule is O=C(CC(=O)C(F)(F)F)c1ccc(C(F)(F)F)c(CCOCC(F)(F)F)c1. The standard InChI is InChI=1S/C15H11F9O3/c16-13(17,18)7-27-4-3-8-5-9(1-2-10(8)14(19,20)21)11(25)6-12(26)15(22,23)24/h1-2,5H,3-4,6-7H2. The van der Waals surface area contributed by atoms with Crippen LogP contribution in [0.15, 0.2) is 18.2 Å². The molecule has 0 radical (unpaired) electrons. The van der Waals surface area contributed by atoms with Gasteiger partial charge in [-0.25, -0.2) is 0 Å². The number of carbonyl (C=O) groups is 2. The lowest BCUT2D eigenvalue weighted by molar-refractivity contribution is -0.173. The first-order chi connectivity index (χ1) is 12.1. The normalized spacial score (nSPS) is 12.9. The summed E-state index contributed by atoms with van der Waals surface area (Å²) in [5.74, 6) is -3.74. The van der Waals surface area contributed by atoms with E-state index in [-0.39, 0.29) is 0 Å². The summed E-state index contributed by atoms with van der Waals surface area (Å²) in [5.41, 5.74) is -2.53. The van der Waals surface area contributed by atoms with Gasteiger partial charge in [0, 0.05) is 5.56 Å². The number of alkyl halides is 9. The van der Waals surface area contributed by atoms with E-state index in [9.17, 15) is 49.1 Å². The van der Waals surface area contributed by atoms with Gasteiger partial charge in [-0.15, -0.1) is 0 Å². The molecule has 0 aromatic heterocycles. The van der Waals surface area contributed by atoms with Crippen LogP contribution in [0.2, 0.25) is 0 Å². The Bertz CT molecular complexity index is 687. The second-order valence-corrected chi connectivity index (χ2v) is 5.31. The van der Waals surface area contributed by atoms with E-state index in [2.05, 4.69) is 4.74 Å². The van der Waals surface area contributed by atoms with Crippen LogP contribution in [0.1, 0.15) is 27.9 Å². The molecule has 0 aliphatic rings. The average Bonchev–Trinajstić information content (AvgIpc) is 2.48. The molecule has 152 valence electrons. The van der Waals surface area contributed by atoms with Gasteiger partial charge in [-0.3, -0.25) is 9.59 Å². The number of hydrogen-bond acceptors (Lipinski definition) is 3. The topological polar surface area (TPSA) is 43.4 Å². The molecule has 0 fully saturated rings. The number of carbonyl (C=O) groups excluding carboxylic acids is 2. The zero-order valence-corrected chi connectivity index (χ0v) is 13.2. The molecule has 0 atom stereocenters. The predicted molar refractivity (Wildman–Crippen MR) is 72.0 cm³/mol. The summed E-state index contributed by atoms with van der Waals surface area (Å²) in [6.45, 7) is -2.48. The van der Waals surface area contributed by atoms with Gasteiger partial charge in [-0.2, -0.15) is 39.5 Å². The minimum atomic E-state index is -5.28. The van der Waals surface area contributed by atoms with E-state index < -0.39 is 72.8 Å². The fourth-order valence-corrected chi connectivity index (χ4v) is 1.97. The van der Waals surface area contributed by atoms with Crippen molar-refractivity contribution in [2.75, 3.05) is 13.2 Å². The van der Waals surface area contributed by atoms with E-state index in [1.54, 1.807) is 0 Å². The Morgan fingerprint density at radius 2 is 1.52 bits per heavy atom. The number of rotatable bonds is 7. The van der Waals surface area contributed by atoms with Crippen LogP contribution in [-0.2, 0) is 22.1 Å². The number of benzene rings is 1. The highest BCUT2D eigenvalue weighted by Crippen LogP contribution is 2.33. The molecule has 27 heavy (non-hydrogen) atoms. The lowest BCUT2D eigenvalue weighted by Gasteiger charge is -2.15. The van der Waals surface area contributed by atoms with Crippen LogP contribution < -0.4 is 0 Å². The zero-order chi connectivity index (χ0) is 21.0. The van der Waals surface area contributed by atoms with E-state index in [0.29, 0.717) is 18.2 Å². The Labute approximate surface area is 146 Å². The van der Waals surface area contributed by atoms with Gasteiger partial charge in [0.2, 0.25) is 5.78 Å². The van der Waals surface area contributed by atoms with Crippen LogP contribution in [0.4, 0.5) is 39.5 Å². The summed E-state index contributed by atoms with van der Waals surface area (Å²) in [7, 11) is 0. The van der Waals surface area contributed by atoms with Crippen molar-refractivity contribution in [3.05, 3.63) is 34.9 Å². The number of ketones is 2. The summed E-state index contributed by atoms with van der Waals surface area (Å²) >= 11 is 0. The van der Waals surface area contributed by atoms with Crippen molar-refractivity contribution in [3.8, 4) is 0 Å². The molecule has 1 aromatic carbocycles. The first-order valence-corrected chi connectivity index (χ1v) is 7.09. The minimum Gasteiger partial charge on any atom is -0.372 e. The van der Waals surface area contributed by atoms with Gasteiger partial charge in [0.05, 0.1) is 18.6 Å². The first-order valence-electron chi connectivity index (χ1n) is 7.09. The summed E-state index contributed by atoms with van der Waals surface area (Å²) in [6.07, 6.45) is -17.2. The van der Waals surface area contributed by atoms with Crippen molar-refractivity contribution in [1.82, 2.24) is 0 Å². The predicted octanol–water partition coefficient (Wildman–Crippen LogP) is 4.53. The van der Waals surface area contributed by atoms with Crippen molar-refractivity contribution in [2.45, 2.75) is 31.4 Å². The molecule has 0 aliphatic heterocycles. The number of halogens is 9. The van der Waals surface area contributed by atoms with Crippen LogP contribution in [0.5, 0.6) is 0 Å². The second kappa shape index (κ2) is 8.28. The number of hydrogen-bond donors (Lipinski definition) is 0. The largest absolute Gasteiger partial charge is 0.450 e. The van der Waals surface area contributed by atoms with Crippen LogP contribution in [0.25, 0.3) is 0 Å². The van der Waals surface area contributed by atoms with Gasteiger partial charge in [-0.05, 0) is 24.1 Å². The zero-order valence-electron chi connectivity index (χ0n) is 13.2. The Kier molecular flexibility index (Phi) is 7.03. The van der Waals surface area contributed by atoms with Gasteiger partial charge in [0.25, 0.3) is 0 Å². The molecule has 0 amide bonds. The minimum absolute atomic E-state index is 0.407. The molecule has 1 rings (SSSR count).